The summed E-state index contributed by atoms with van der Waals surface area (Å²) < 4.78 is 50.0. The molecule has 2 unspecified atom stereocenters. The van der Waals surface area contributed by atoms with Gasteiger partial charge in [0, 0.05) is 13.1 Å². The third-order valence-corrected chi connectivity index (χ3v) is 2.91. The zero-order valence-corrected chi connectivity index (χ0v) is 9.99. The van der Waals surface area contributed by atoms with E-state index in [9.17, 15) is 22.4 Å². The maximum absolute atomic E-state index is 13.3. The van der Waals surface area contributed by atoms with E-state index in [1.165, 1.54) is 0 Å². The normalized spacial score (nSPS) is 17.8. The minimum Gasteiger partial charge on any atom is -0.343 e. The van der Waals surface area contributed by atoms with Gasteiger partial charge < -0.3 is 4.90 Å². The maximum Gasteiger partial charge on any atom is 0.437 e. The molecule has 7 heteroatoms. The SMILES string of the molecule is CCN(CC)C(=O)C(C)C(F)(Cl)C(F)(F)F. The van der Waals surface area contributed by atoms with Crippen molar-refractivity contribution in [3.8, 4) is 0 Å². The highest BCUT2D eigenvalue weighted by Gasteiger charge is 2.60. The summed E-state index contributed by atoms with van der Waals surface area (Å²) in [7, 11) is 0. The Hall–Kier alpha value is -0.520. The molecule has 96 valence electrons. The fourth-order valence-electron chi connectivity index (χ4n) is 1.21. The highest BCUT2D eigenvalue weighted by atomic mass is 35.5. The average molecular weight is 264 g/mol. The molecular formula is C9H14ClF4NO. The zero-order chi connectivity index (χ0) is 13.1. The topological polar surface area (TPSA) is 20.3 Å². The second-order valence-electron chi connectivity index (χ2n) is 3.35. The molecule has 2 atom stereocenters. The van der Waals surface area contributed by atoms with Gasteiger partial charge in [-0.25, -0.2) is 4.39 Å². The standard InChI is InChI=1S/C9H14ClF4NO/c1-4-15(5-2)7(16)6(3)8(10,11)9(12,13)14/h6H,4-5H2,1-3H3. The molecule has 0 aromatic rings. The van der Waals surface area contributed by atoms with Crippen LogP contribution in [0, 0.1) is 5.92 Å². The average Bonchev–Trinajstić information content (AvgIpc) is 2.16. The number of nitrogens with zero attached hydrogens (tertiary/aromatic N) is 1. The fourth-order valence-corrected chi connectivity index (χ4v) is 1.30. The maximum atomic E-state index is 13.3. The van der Waals surface area contributed by atoms with Gasteiger partial charge in [0.05, 0.1) is 5.92 Å². The van der Waals surface area contributed by atoms with Gasteiger partial charge in [-0.05, 0) is 20.8 Å². The first-order valence-electron chi connectivity index (χ1n) is 4.82. The molecule has 0 heterocycles. The minimum atomic E-state index is -5.27. The molecule has 0 aromatic carbocycles. The van der Waals surface area contributed by atoms with Crippen molar-refractivity contribution in [2.75, 3.05) is 13.1 Å². The number of rotatable bonds is 4. The number of halogens is 5. The molecule has 0 fully saturated rings. The summed E-state index contributed by atoms with van der Waals surface area (Å²) >= 11 is 4.78. The highest BCUT2D eigenvalue weighted by Crippen LogP contribution is 2.43. The van der Waals surface area contributed by atoms with E-state index >= 15 is 0 Å². The fraction of sp³-hybridized carbons (Fsp3) is 0.889. The van der Waals surface area contributed by atoms with Gasteiger partial charge >= 0.3 is 6.18 Å². The van der Waals surface area contributed by atoms with Crippen molar-refractivity contribution < 1.29 is 22.4 Å². The third kappa shape index (κ3) is 2.99. The summed E-state index contributed by atoms with van der Waals surface area (Å²) in [4.78, 5) is 12.6. The summed E-state index contributed by atoms with van der Waals surface area (Å²) in [5.74, 6) is -2.91. The Morgan fingerprint density at radius 2 is 1.62 bits per heavy atom. The number of amides is 1. The molecule has 0 saturated heterocycles. The van der Waals surface area contributed by atoms with E-state index in [1.807, 2.05) is 0 Å². The smallest absolute Gasteiger partial charge is 0.343 e. The van der Waals surface area contributed by atoms with Crippen LogP contribution in [0.1, 0.15) is 20.8 Å². The molecule has 0 bridgehead atoms. The van der Waals surface area contributed by atoms with E-state index in [0.717, 1.165) is 11.8 Å². The van der Waals surface area contributed by atoms with E-state index < -0.39 is 23.1 Å². The van der Waals surface area contributed by atoms with Gasteiger partial charge in [-0.1, -0.05) is 11.6 Å². The van der Waals surface area contributed by atoms with Gasteiger partial charge in [0.15, 0.2) is 0 Å². The molecule has 0 aliphatic carbocycles. The van der Waals surface area contributed by atoms with Crippen molar-refractivity contribution in [3.05, 3.63) is 0 Å². The molecule has 0 aliphatic heterocycles. The lowest BCUT2D eigenvalue weighted by molar-refractivity contribution is -0.214. The largest absolute Gasteiger partial charge is 0.437 e. The van der Waals surface area contributed by atoms with Crippen molar-refractivity contribution in [2.24, 2.45) is 5.92 Å². The molecule has 0 aliphatic rings. The Balaban J connectivity index is 4.92. The van der Waals surface area contributed by atoms with E-state index in [2.05, 4.69) is 0 Å². The van der Waals surface area contributed by atoms with Gasteiger partial charge in [0.2, 0.25) is 5.91 Å². The number of alkyl halides is 5. The molecular weight excluding hydrogens is 250 g/mol. The Labute approximate surface area is 96.5 Å². The molecule has 2 nitrogen and oxygen atoms in total. The van der Waals surface area contributed by atoms with Crippen LogP contribution in [-0.2, 0) is 4.79 Å². The van der Waals surface area contributed by atoms with Crippen molar-refractivity contribution in [1.29, 1.82) is 0 Å². The van der Waals surface area contributed by atoms with E-state index in [1.54, 1.807) is 13.8 Å². The minimum absolute atomic E-state index is 0.213. The molecule has 0 N–H and O–H groups in total. The van der Waals surface area contributed by atoms with Gasteiger partial charge in [0.1, 0.15) is 0 Å². The lowest BCUT2D eigenvalue weighted by Crippen LogP contribution is -2.49. The molecule has 0 spiro atoms. The summed E-state index contributed by atoms with van der Waals surface area (Å²) in [6.07, 6.45) is -5.27. The summed E-state index contributed by atoms with van der Waals surface area (Å²) in [6, 6.07) is 0. The van der Waals surface area contributed by atoms with Gasteiger partial charge in [0.25, 0.3) is 5.13 Å². The second-order valence-corrected chi connectivity index (χ2v) is 3.90. The van der Waals surface area contributed by atoms with Crippen LogP contribution >= 0.6 is 11.6 Å². The lowest BCUT2D eigenvalue weighted by atomic mass is 10.0. The van der Waals surface area contributed by atoms with E-state index in [0.29, 0.717) is 0 Å². The van der Waals surface area contributed by atoms with Crippen LogP contribution in [0.3, 0.4) is 0 Å². The first kappa shape index (κ1) is 15.5. The van der Waals surface area contributed by atoms with Gasteiger partial charge in [-0.15, -0.1) is 0 Å². The summed E-state index contributed by atoms with van der Waals surface area (Å²) in [5.41, 5.74) is 0. The number of hydrogen-bond acceptors (Lipinski definition) is 1. The molecule has 16 heavy (non-hydrogen) atoms. The Bertz CT molecular complexity index is 250. The second kappa shape index (κ2) is 5.21. The molecule has 0 radical (unpaired) electrons. The Morgan fingerprint density at radius 3 is 1.88 bits per heavy atom. The molecule has 1 amide bonds. The predicted octanol–water partition coefficient (Wildman–Crippen LogP) is 2.96. The zero-order valence-electron chi connectivity index (χ0n) is 9.24. The number of hydrogen-bond donors (Lipinski definition) is 0. The quantitative estimate of drug-likeness (QED) is 0.564. The predicted molar refractivity (Wildman–Crippen MR) is 52.8 cm³/mol. The van der Waals surface area contributed by atoms with Crippen LogP contribution in [0.25, 0.3) is 0 Å². The first-order chi connectivity index (χ1) is 7.09. The van der Waals surface area contributed by atoms with Crippen LogP contribution in [0.2, 0.25) is 0 Å². The Morgan fingerprint density at radius 1 is 1.25 bits per heavy atom. The highest BCUT2D eigenvalue weighted by molar-refractivity contribution is 6.25. The molecule has 0 saturated carbocycles. The van der Waals surface area contributed by atoms with Crippen LogP contribution in [0.5, 0.6) is 0 Å². The van der Waals surface area contributed by atoms with Crippen LogP contribution in [0.15, 0.2) is 0 Å². The van der Waals surface area contributed by atoms with Crippen molar-refractivity contribution in [3.63, 3.8) is 0 Å². The monoisotopic (exact) mass is 263 g/mol. The Kier molecular flexibility index (Phi) is 5.04. The van der Waals surface area contributed by atoms with Crippen LogP contribution in [0.4, 0.5) is 17.6 Å². The molecule has 0 rings (SSSR count). The van der Waals surface area contributed by atoms with Crippen molar-refractivity contribution in [2.45, 2.75) is 32.1 Å². The van der Waals surface area contributed by atoms with Gasteiger partial charge in [-0.3, -0.25) is 4.79 Å². The summed E-state index contributed by atoms with van der Waals surface area (Å²) in [5, 5.41) is -4.02. The number of carbonyl (C=O) groups is 1. The molecule has 0 aromatic heterocycles. The van der Waals surface area contributed by atoms with Crippen LogP contribution < -0.4 is 0 Å². The van der Waals surface area contributed by atoms with E-state index in [-0.39, 0.29) is 13.1 Å². The van der Waals surface area contributed by atoms with E-state index in [4.69, 9.17) is 11.6 Å². The third-order valence-electron chi connectivity index (χ3n) is 2.37. The lowest BCUT2D eigenvalue weighted by Gasteiger charge is -2.30. The van der Waals surface area contributed by atoms with Crippen molar-refractivity contribution in [1.82, 2.24) is 4.90 Å². The van der Waals surface area contributed by atoms with Gasteiger partial charge in [-0.2, -0.15) is 13.2 Å². The number of carbonyl (C=O) groups excluding carboxylic acids is 1. The summed E-state index contributed by atoms with van der Waals surface area (Å²) in [6.45, 7) is 4.45. The van der Waals surface area contributed by atoms with Crippen molar-refractivity contribution >= 4 is 17.5 Å². The van der Waals surface area contributed by atoms with Crippen LogP contribution in [-0.4, -0.2) is 35.2 Å². The first-order valence-corrected chi connectivity index (χ1v) is 5.20.